The monoisotopic (exact) mass is 529 g/mol. The summed E-state index contributed by atoms with van der Waals surface area (Å²) in [5.41, 5.74) is 0.888. The van der Waals surface area contributed by atoms with Crippen LogP contribution in [0.2, 0.25) is 5.02 Å². The average Bonchev–Trinajstić information content (AvgIpc) is 3.20. The first kappa shape index (κ1) is 27.4. The Morgan fingerprint density at radius 3 is 2.62 bits per heavy atom. The molecule has 0 radical (unpaired) electrons. The van der Waals surface area contributed by atoms with Gasteiger partial charge < -0.3 is 25.8 Å². The standard InChI is InChI=1S/C20H24ClN7O4S.ClH/c1-27(2)20(32)13(9-23-16(29)17(30)26-15-5-4-11(21)8-22-15)24-18(31)19-25-12-6-7-28(3)10-14(12)33-19;/h4-5,8,13H,6-7,9-10H2,1-3H3,(H,23,29)(H,24,31)(H,22,26,30);1H/t13-;/m1./s1. The number of pyridine rings is 1. The zero-order valence-corrected chi connectivity index (χ0v) is 21.1. The number of nitrogens with zero attached hydrogens (tertiary/aromatic N) is 4. The van der Waals surface area contributed by atoms with Crippen molar-refractivity contribution in [3.8, 4) is 0 Å². The summed E-state index contributed by atoms with van der Waals surface area (Å²) < 4.78 is 0. The normalized spacial score (nSPS) is 13.6. The molecule has 0 spiro atoms. The van der Waals surface area contributed by atoms with E-state index in [4.69, 9.17) is 11.6 Å². The van der Waals surface area contributed by atoms with Gasteiger partial charge in [0.05, 0.1) is 10.7 Å². The first-order chi connectivity index (χ1) is 15.6. The smallest absolute Gasteiger partial charge is 0.314 e. The fourth-order valence-electron chi connectivity index (χ4n) is 3.05. The minimum Gasteiger partial charge on any atom is -0.347 e. The second-order valence-electron chi connectivity index (χ2n) is 7.66. The molecule has 3 heterocycles. The van der Waals surface area contributed by atoms with Crippen molar-refractivity contribution in [1.29, 1.82) is 0 Å². The van der Waals surface area contributed by atoms with Gasteiger partial charge in [0.25, 0.3) is 5.91 Å². The van der Waals surface area contributed by atoms with Gasteiger partial charge in [-0.3, -0.25) is 19.2 Å². The number of halogens is 2. The van der Waals surface area contributed by atoms with E-state index < -0.39 is 29.7 Å². The molecule has 0 saturated carbocycles. The van der Waals surface area contributed by atoms with Gasteiger partial charge in [0, 0.05) is 51.2 Å². The van der Waals surface area contributed by atoms with Gasteiger partial charge in [0.2, 0.25) is 5.91 Å². The summed E-state index contributed by atoms with van der Waals surface area (Å²) in [4.78, 5) is 62.4. The van der Waals surface area contributed by atoms with Crippen LogP contribution in [-0.4, -0.2) is 83.7 Å². The first-order valence-corrected chi connectivity index (χ1v) is 11.2. The number of hydrogen-bond acceptors (Lipinski definition) is 8. The summed E-state index contributed by atoms with van der Waals surface area (Å²) >= 11 is 7.02. The summed E-state index contributed by atoms with van der Waals surface area (Å²) in [5, 5.41) is 7.95. The zero-order chi connectivity index (χ0) is 24.1. The number of carbonyl (C=O) groups excluding carboxylic acids is 4. The molecule has 0 fully saturated rings. The van der Waals surface area contributed by atoms with Crippen molar-refractivity contribution in [2.75, 3.05) is 39.5 Å². The Hall–Kier alpha value is -2.80. The van der Waals surface area contributed by atoms with Gasteiger partial charge in [0.15, 0.2) is 5.01 Å². The maximum atomic E-state index is 12.8. The van der Waals surface area contributed by atoms with E-state index in [1.807, 2.05) is 7.05 Å². The van der Waals surface area contributed by atoms with Crippen LogP contribution in [-0.2, 0) is 27.3 Å². The molecule has 1 aliphatic rings. The molecule has 0 aromatic carbocycles. The highest BCUT2D eigenvalue weighted by molar-refractivity contribution is 7.13. The van der Waals surface area contributed by atoms with Gasteiger partial charge in [0.1, 0.15) is 11.9 Å². The second-order valence-corrected chi connectivity index (χ2v) is 9.18. The molecule has 34 heavy (non-hydrogen) atoms. The molecule has 11 nitrogen and oxygen atoms in total. The van der Waals surface area contributed by atoms with Crippen LogP contribution in [0.5, 0.6) is 0 Å². The molecule has 1 atom stereocenters. The maximum absolute atomic E-state index is 12.8. The minimum absolute atomic E-state index is 0. The van der Waals surface area contributed by atoms with E-state index in [1.165, 1.54) is 48.7 Å². The molecule has 4 amide bonds. The Bertz CT molecular complexity index is 1060. The predicted octanol–water partition coefficient (Wildman–Crippen LogP) is 0.543. The highest BCUT2D eigenvalue weighted by Crippen LogP contribution is 2.24. The molecule has 3 N–H and O–H groups in total. The van der Waals surface area contributed by atoms with E-state index in [2.05, 4.69) is 30.8 Å². The molecule has 2 aromatic heterocycles. The molecule has 0 bridgehead atoms. The van der Waals surface area contributed by atoms with E-state index in [0.717, 1.165) is 23.5 Å². The van der Waals surface area contributed by atoms with Crippen LogP contribution < -0.4 is 16.0 Å². The van der Waals surface area contributed by atoms with Crippen molar-refractivity contribution in [1.82, 2.24) is 30.4 Å². The van der Waals surface area contributed by atoms with Crippen LogP contribution >= 0.6 is 35.3 Å². The highest BCUT2D eigenvalue weighted by Gasteiger charge is 2.27. The van der Waals surface area contributed by atoms with Gasteiger partial charge in [-0.25, -0.2) is 9.97 Å². The Balaban J connectivity index is 0.00000408. The Morgan fingerprint density at radius 1 is 1.24 bits per heavy atom. The van der Waals surface area contributed by atoms with Crippen LogP contribution in [0.1, 0.15) is 20.4 Å². The lowest BCUT2D eigenvalue weighted by Crippen LogP contribution is -2.53. The van der Waals surface area contributed by atoms with Crippen molar-refractivity contribution >= 4 is 64.8 Å². The van der Waals surface area contributed by atoms with Crippen LogP contribution in [0, 0.1) is 0 Å². The number of anilines is 1. The lowest BCUT2D eigenvalue weighted by molar-refractivity contribution is -0.136. The number of thiazole rings is 1. The lowest BCUT2D eigenvalue weighted by Gasteiger charge is -2.21. The van der Waals surface area contributed by atoms with Crippen LogP contribution in [0.25, 0.3) is 0 Å². The quantitative estimate of drug-likeness (QED) is 0.464. The minimum atomic E-state index is -1.08. The fourth-order valence-corrected chi connectivity index (χ4v) is 4.25. The van der Waals surface area contributed by atoms with E-state index in [9.17, 15) is 19.2 Å². The van der Waals surface area contributed by atoms with Crippen molar-refractivity contribution < 1.29 is 19.2 Å². The first-order valence-electron chi connectivity index (χ1n) is 10.0. The van der Waals surface area contributed by atoms with E-state index in [-0.39, 0.29) is 29.8 Å². The van der Waals surface area contributed by atoms with Crippen LogP contribution in [0.4, 0.5) is 5.82 Å². The summed E-state index contributed by atoms with van der Waals surface area (Å²) in [7, 11) is 5.05. The van der Waals surface area contributed by atoms with Gasteiger partial charge in [-0.1, -0.05) is 11.6 Å². The molecule has 0 unspecified atom stereocenters. The van der Waals surface area contributed by atoms with Crippen molar-refractivity contribution in [2.45, 2.75) is 19.0 Å². The second kappa shape index (κ2) is 12.1. The van der Waals surface area contributed by atoms with Crippen LogP contribution in [0.3, 0.4) is 0 Å². The Labute approximate surface area is 211 Å². The van der Waals surface area contributed by atoms with Crippen molar-refractivity contribution in [3.63, 3.8) is 0 Å². The number of aromatic nitrogens is 2. The van der Waals surface area contributed by atoms with Crippen molar-refractivity contribution in [2.24, 2.45) is 0 Å². The van der Waals surface area contributed by atoms with Gasteiger partial charge in [-0.05, 0) is 19.2 Å². The number of amides is 4. The zero-order valence-electron chi connectivity index (χ0n) is 18.8. The number of rotatable bonds is 6. The van der Waals surface area contributed by atoms with Crippen LogP contribution in [0.15, 0.2) is 18.3 Å². The average molecular weight is 530 g/mol. The SMILES string of the molecule is CN1CCc2nc(C(=O)N[C@H](CNC(=O)C(=O)Nc3ccc(Cl)cn3)C(=O)N(C)C)sc2C1.Cl. The van der Waals surface area contributed by atoms with Gasteiger partial charge >= 0.3 is 11.8 Å². The maximum Gasteiger partial charge on any atom is 0.314 e. The Kier molecular flexibility index (Phi) is 9.74. The third-order valence-corrected chi connectivity index (χ3v) is 6.11. The molecular weight excluding hydrogens is 505 g/mol. The van der Waals surface area contributed by atoms with Gasteiger partial charge in [-0.15, -0.1) is 23.7 Å². The topological polar surface area (TPSA) is 137 Å². The molecule has 0 aliphatic carbocycles. The summed E-state index contributed by atoms with van der Waals surface area (Å²) in [6, 6.07) is 1.87. The number of hydrogen-bond donors (Lipinski definition) is 3. The number of fused-ring (bicyclic) bond motifs is 1. The molecule has 2 aromatic rings. The number of carbonyl (C=O) groups is 4. The summed E-state index contributed by atoms with van der Waals surface area (Å²) in [6.07, 6.45) is 2.08. The van der Waals surface area contributed by atoms with E-state index in [0.29, 0.717) is 11.6 Å². The number of likely N-dealkylation sites (N-methyl/N-ethyl adjacent to an activating group) is 2. The fraction of sp³-hybridized carbons (Fsp3) is 0.400. The predicted molar refractivity (Wildman–Crippen MR) is 130 cm³/mol. The summed E-state index contributed by atoms with van der Waals surface area (Å²) in [5.74, 6) is -2.76. The largest absolute Gasteiger partial charge is 0.347 e. The third kappa shape index (κ3) is 7.10. The molecule has 184 valence electrons. The van der Waals surface area contributed by atoms with E-state index >= 15 is 0 Å². The lowest BCUT2D eigenvalue weighted by atomic mass is 10.2. The highest BCUT2D eigenvalue weighted by atomic mass is 35.5. The molecule has 0 saturated heterocycles. The Morgan fingerprint density at radius 2 is 1.97 bits per heavy atom. The summed E-state index contributed by atoms with van der Waals surface area (Å²) in [6.45, 7) is 1.30. The van der Waals surface area contributed by atoms with Crippen molar-refractivity contribution in [3.05, 3.63) is 38.9 Å². The van der Waals surface area contributed by atoms with E-state index in [1.54, 1.807) is 0 Å². The molecule has 1 aliphatic heterocycles. The number of nitrogens with one attached hydrogen (secondary N) is 3. The molecular formula is C20H25Cl2N7O4S. The third-order valence-electron chi connectivity index (χ3n) is 4.80. The molecule has 3 rings (SSSR count). The van der Waals surface area contributed by atoms with Gasteiger partial charge in [-0.2, -0.15) is 0 Å². The molecule has 14 heteroatoms.